The number of ketones is 1. The maximum Gasteiger partial charge on any atom is 0.189 e. The number of carbonyl (C=O) groups excluding carboxylic acids is 1. The third-order valence-corrected chi connectivity index (χ3v) is 3.29. The number of para-hydroxylation sites is 1. The number of fused-ring (bicyclic) bond motifs is 1. The van der Waals surface area contributed by atoms with E-state index in [4.69, 9.17) is 0 Å². The van der Waals surface area contributed by atoms with Crippen LogP contribution in [-0.2, 0) is 0 Å². The summed E-state index contributed by atoms with van der Waals surface area (Å²) in [6.45, 7) is 0. The molecular weight excluding hydrogens is 278 g/mol. The third kappa shape index (κ3) is 2.81. The minimum absolute atomic E-state index is 0.0863. The number of rotatable bonds is 3. The van der Waals surface area contributed by atoms with Crippen LogP contribution in [0.25, 0.3) is 17.0 Å². The third-order valence-electron chi connectivity index (χ3n) is 3.29. The molecule has 0 aliphatic heterocycles. The van der Waals surface area contributed by atoms with Crippen LogP contribution < -0.4 is 0 Å². The molecule has 1 aromatic heterocycles. The number of nitrogens with zero attached hydrogens (tertiary/aromatic N) is 1. The summed E-state index contributed by atoms with van der Waals surface area (Å²) >= 11 is 0. The Balaban J connectivity index is 1.87. The quantitative estimate of drug-likeness (QED) is 0.572. The van der Waals surface area contributed by atoms with E-state index in [0.29, 0.717) is 0 Å². The summed E-state index contributed by atoms with van der Waals surface area (Å²) in [4.78, 5) is 16.4. The van der Waals surface area contributed by atoms with E-state index in [9.17, 15) is 15.0 Å². The first-order chi connectivity index (χ1) is 10.6. The van der Waals surface area contributed by atoms with Crippen molar-refractivity contribution in [2.24, 2.45) is 0 Å². The number of pyridine rings is 1. The highest BCUT2D eigenvalue weighted by Gasteiger charge is 2.08. The second kappa shape index (κ2) is 5.69. The largest absolute Gasteiger partial charge is 0.508 e. The normalized spacial score (nSPS) is 11.1. The molecule has 4 heteroatoms. The zero-order chi connectivity index (χ0) is 15.5. The highest BCUT2D eigenvalue weighted by atomic mass is 16.3. The molecule has 108 valence electrons. The van der Waals surface area contributed by atoms with Gasteiger partial charge >= 0.3 is 0 Å². The van der Waals surface area contributed by atoms with Crippen molar-refractivity contribution in [2.75, 3.05) is 0 Å². The fourth-order valence-corrected chi connectivity index (χ4v) is 2.17. The van der Waals surface area contributed by atoms with Crippen LogP contribution in [0.3, 0.4) is 0 Å². The molecule has 4 nitrogen and oxygen atoms in total. The van der Waals surface area contributed by atoms with Crippen LogP contribution in [-0.4, -0.2) is 21.0 Å². The van der Waals surface area contributed by atoms with E-state index >= 15 is 0 Å². The van der Waals surface area contributed by atoms with Crippen LogP contribution in [0.2, 0.25) is 0 Å². The second-order valence-electron chi connectivity index (χ2n) is 4.86. The maximum atomic E-state index is 12.1. The van der Waals surface area contributed by atoms with Gasteiger partial charge in [0.05, 0.1) is 11.1 Å². The van der Waals surface area contributed by atoms with E-state index in [0.717, 1.165) is 22.5 Å². The number of hydrogen-bond acceptors (Lipinski definition) is 4. The van der Waals surface area contributed by atoms with Gasteiger partial charge in [-0.2, -0.15) is 0 Å². The van der Waals surface area contributed by atoms with Crippen LogP contribution in [0.15, 0.2) is 60.8 Å². The van der Waals surface area contributed by atoms with Gasteiger partial charge in [-0.3, -0.25) is 9.78 Å². The Morgan fingerprint density at radius 3 is 2.68 bits per heavy atom. The van der Waals surface area contributed by atoms with Crippen molar-refractivity contribution in [2.45, 2.75) is 0 Å². The lowest BCUT2D eigenvalue weighted by Gasteiger charge is -2.01. The molecule has 2 aromatic carbocycles. The molecule has 0 saturated carbocycles. The minimum atomic E-state index is -0.342. The smallest absolute Gasteiger partial charge is 0.189 e. The minimum Gasteiger partial charge on any atom is -0.508 e. The molecule has 3 aromatic rings. The van der Waals surface area contributed by atoms with Crippen molar-refractivity contribution in [1.82, 2.24) is 4.98 Å². The summed E-state index contributed by atoms with van der Waals surface area (Å²) in [7, 11) is 0. The predicted octanol–water partition coefficient (Wildman–Crippen LogP) is 3.54. The van der Waals surface area contributed by atoms with Crippen molar-refractivity contribution in [1.29, 1.82) is 0 Å². The first kappa shape index (κ1) is 13.8. The molecule has 0 unspecified atom stereocenters. The number of aromatic hydroxyl groups is 2. The van der Waals surface area contributed by atoms with Gasteiger partial charge in [-0.05, 0) is 42.0 Å². The summed E-state index contributed by atoms with van der Waals surface area (Å²) < 4.78 is 0. The Morgan fingerprint density at radius 2 is 1.86 bits per heavy atom. The van der Waals surface area contributed by atoms with E-state index in [1.807, 2.05) is 30.3 Å². The number of carbonyl (C=O) groups is 1. The van der Waals surface area contributed by atoms with Gasteiger partial charge in [0.1, 0.15) is 11.5 Å². The fourth-order valence-electron chi connectivity index (χ4n) is 2.17. The standard InChI is InChI=1S/C18H13NO3/c20-14-6-7-15(18(22)10-14)17(21)8-5-12-9-13-3-1-2-4-16(13)19-11-12/h1-11,20,22H/b8-5+. The first-order valence-electron chi connectivity index (χ1n) is 6.73. The van der Waals surface area contributed by atoms with Crippen molar-refractivity contribution in [3.05, 3.63) is 71.9 Å². The van der Waals surface area contributed by atoms with E-state index < -0.39 is 0 Å². The van der Waals surface area contributed by atoms with Gasteiger partial charge in [0.2, 0.25) is 0 Å². The van der Waals surface area contributed by atoms with Crippen molar-refractivity contribution in [3.8, 4) is 11.5 Å². The Hall–Kier alpha value is -3.14. The van der Waals surface area contributed by atoms with Gasteiger partial charge in [-0.25, -0.2) is 0 Å². The molecule has 3 rings (SSSR count). The average molecular weight is 291 g/mol. The van der Waals surface area contributed by atoms with Crippen LogP contribution in [0.5, 0.6) is 11.5 Å². The van der Waals surface area contributed by atoms with E-state index in [1.165, 1.54) is 18.2 Å². The number of benzene rings is 2. The Morgan fingerprint density at radius 1 is 1.05 bits per heavy atom. The molecule has 0 atom stereocenters. The van der Waals surface area contributed by atoms with Crippen molar-refractivity contribution in [3.63, 3.8) is 0 Å². The predicted molar refractivity (Wildman–Crippen MR) is 84.9 cm³/mol. The molecule has 0 spiro atoms. The highest BCUT2D eigenvalue weighted by molar-refractivity contribution is 6.08. The van der Waals surface area contributed by atoms with Gasteiger partial charge < -0.3 is 10.2 Å². The number of allylic oxidation sites excluding steroid dienone is 1. The molecule has 0 radical (unpaired) electrons. The lowest BCUT2D eigenvalue weighted by molar-refractivity contribution is 0.104. The monoisotopic (exact) mass is 291 g/mol. The molecule has 0 aliphatic rings. The summed E-state index contributed by atoms with van der Waals surface area (Å²) in [5.41, 5.74) is 1.83. The molecule has 0 aliphatic carbocycles. The fraction of sp³-hybridized carbons (Fsp3) is 0. The number of hydrogen-bond donors (Lipinski definition) is 2. The maximum absolute atomic E-state index is 12.1. The van der Waals surface area contributed by atoms with Crippen LogP contribution in [0.1, 0.15) is 15.9 Å². The lowest BCUT2D eigenvalue weighted by Crippen LogP contribution is -1.94. The Bertz CT molecular complexity index is 884. The SMILES string of the molecule is O=C(/C=C/c1cnc2ccccc2c1)c1ccc(O)cc1O. The molecule has 1 heterocycles. The van der Waals surface area contributed by atoms with Gasteiger partial charge in [0, 0.05) is 17.6 Å². The van der Waals surface area contributed by atoms with Crippen molar-refractivity contribution < 1.29 is 15.0 Å². The number of phenolic OH excluding ortho intramolecular Hbond substituents is 2. The number of phenols is 2. The zero-order valence-electron chi connectivity index (χ0n) is 11.6. The number of aromatic nitrogens is 1. The van der Waals surface area contributed by atoms with Gasteiger partial charge in [0.25, 0.3) is 0 Å². The summed E-state index contributed by atoms with van der Waals surface area (Å²) in [6.07, 6.45) is 4.70. The molecule has 0 saturated heterocycles. The van der Waals surface area contributed by atoms with Gasteiger partial charge in [0.15, 0.2) is 5.78 Å². The molecule has 2 N–H and O–H groups in total. The van der Waals surface area contributed by atoms with Crippen molar-refractivity contribution >= 4 is 22.8 Å². The summed E-state index contributed by atoms with van der Waals surface area (Å²) in [5, 5.41) is 19.9. The second-order valence-corrected chi connectivity index (χ2v) is 4.86. The van der Waals surface area contributed by atoms with Crippen LogP contribution in [0, 0.1) is 0 Å². The molecule has 0 fully saturated rings. The van der Waals surface area contributed by atoms with Crippen LogP contribution >= 0.6 is 0 Å². The molecule has 0 bridgehead atoms. The molecule has 22 heavy (non-hydrogen) atoms. The van der Waals surface area contributed by atoms with Gasteiger partial charge in [-0.15, -0.1) is 0 Å². The van der Waals surface area contributed by atoms with E-state index in [-0.39, 0.29) is 22.8 Å². The summed E-state index contributed by atoms with van der Waals surface area (Å²) in [5.74, 6) is -0.672. The summed E-state index contributed by atoms with van der Waals surface area (Å²) in [6, 6.07) is 13.5. The van der Waals surface area contributed by atoms with E-state index in [1.54, 1.807) is 12.3 Å². The Labute approximate surface area is 127 Å². The topological polar surface area (TPSA) is 70.4 Å². The Kier molecular flexibility index (Phi) is 3.58. The van der Waals surface area contributed by atoms with Gasteiger partial charge in [-0.1, -0.05) is 18.2 Å². The average Bonchev–Trinajstić information content (AvgIpc) is 2.52. The lowest BCUT2D eigenvalue weighted by atomic mass is 10.1. The highest BCUT2D eigenvalue weighted by Crippen LogP contribution is 2.23. The van der Waals surface area contributed by atoms with E-state index in [2.05, 4.69) is 4.98 Å². The molecule has 0 amide bonds. The van der Waals surface area contributed by atoms with Crippen LogP contribution in [0.4, 0.5) is 0 Å². The zero-order valence-corrected chi connectivity index (χ0v) is 11.6. The first-order valence-corrected chi connectivity index (χ1v) is 6.73. The molecular formula is C18H13NO3.